The summed E-state index contributed by atoms with van der Waals surface area (Å²) in [5.41, 5.74) is 2.02. The Morgan fingerprint density at radius 2 is 1.67 bits per heavy atom. The fraction of sp³-hybridized carbons (Fsp3) is 0.176. The number of nitrogens with zero attached hydrogens (tertiary/aromatic N) is 4. The summed E-state index contributed by atoms with van der Waals surface area (Å²) in [5.74, 6) is -4.26. The molecule has 0 saturated carbocycles. The number of aromatic nitrogens is 1. The van der Waals surface area contributed by atoms with Crippen LogP contribution < -0.4 is 0 Å². The zero-order valence-corrected chi connectivity index (χ0v) is 25.4. The summed E-state index contributed by atoms with van der Waals surface area (Å²) >= 11 is 0. The van der Waals surface area contributed by atoms with Gasteiger partial charge in [0.15, 0.2) is 6.04 Å². The Kier molecular flexibility index (Phi) is 11.1. The van der Waals surface area contributed by atoms with Gasteiger partial charge in [0.05, 0.1) is 5.69 Å². The molecule has 0 aliphatic carbocycles. The van der Waals surface area contributed by atoms with Crippen molar-refractivity contribution in [1.82, 2.24) is 9.88 Å². The summed E-state index contributed by atoms with van der Waals surface area (Å²) in [6, 6.07) is 23.2. The number of para-hydroxylation sites is 1. The van der Waals surface area contributed by atoms with E-state index in [1.807, 2.05) is 0 Å². The van der Waals surface area contributed by atoms with Crippen LogP contribution >= 0.6 is 0 Å². The van der Waals surface area contributed by atoms with Crippen LogP contribution in [-0.2, 0) is 30.8 Å². The molecule has 5 rings (SSSR count). The van der Waals surface area contributed by atoms with Crippen LogP contribution in [0.4, 0.5) is 14.9 Å². The van der Waals surface area contributed by atoms with E-state index < -0.39 is 54.1 Å². The van der Waals surface area contributed by atoms with E-state index in [9.17, 15) is 28.7 Å². The van der Waals surface area contributed by atoms with Gasteiger partial charge in [0.25, 0.3) is 0 Å². The van der Waals surface area contributed by atoms with Gasteiger partial charge in [-0.05, 0) is 47.9 Å². The first-order valence-electron chi connectivity index (χ1n) is 14.1. The van der Waals surface area contributed by atoms with Gasteiger partial charge in [-0.15, -0.1) is 5.69 Å². The molecule has 10 nitrogen and oxygen atoms in total. The topological polar surface area (TPSA) is 140 Å². The molecule has 0 unspecified atom stereocenters. The summed E-state index contributed by atoms with van der Waals surface area (Å²) in [5, 5.41) is 14.6. The third-order valence-electron chi connectivity index (χ3n) is 7.39. The van der Waals surface area contributed by atoms with Gasteiger partial charge < -0.3 is 20.0 Å². The monoisotopic (exact) mass is 665 g/mol. The van der Waals surface area contributed by atoms with Crippen LogP contribution in [0.2, 0.25) is 0 Å². The maximum atomic E-state index is 13.9. The fourth-order valence-corrected chi connectivity index (χ4v) is 5.15. The van der Waals surface area contributed by atoms with E-state index in [1.165, 1.54) is 24.4 Å². The SMILES string of the molecule is CC(=N[C@H](C(=O)O)[C@H](CC(=O)N1C(=O)OC[C@@H]1c1ccccc1)c1ccc(F)cc1)c1ccccc1[N-]C(=O)c1ccccn1.[Ni]. The molecule has 1 aliphatic rings. The molecule has 0 radical (unpaired) electrons. The molecule has 46 heavy (non-hydrogen) atoms. The van der Waals surface area contributed by atoms with Crippen LogP contribution in [0.25, 0.3) is 5.32 Å². The number of ether oxygens (including phenoxy) is 1. The second kappa shape index (κ2) is 15.2. The third kappa shape index (κ3) is 7.70. The Balaban J connectivity index is 0.00000480. The molecule has 1 aromatic heterocycles. The number of halogens is 1. The molecule has 1 N–H and O–H groups in total. The van der Waals surface area contributed by atoms with Crippen molar-refractivity contribution < 1.29 is 49.9 Å². The van der Waals surface area contributed by atoms with Crippen LogP contribution in [0.5, 0.6) is 0 Å². The number of carboxylic acids is 1. The van der Waals surface area contributed by atoms with E-state index in [1.54, 1.807) is 73.7 Å². The fourth-order valence-electron chi connectivity index (χ4n) is 5.15. The van der Waals surface area contributed by atoms with Crippen LogP contribution in [0.15, 0.2) is 108 Å². The number of pyridine rings is 1. The van der Waals surface area contributed by atoms with Gasteiger partial charge in [0, 0.05) is 40.7 Å². The zero-order chi connectivity index (χ0) is 31.9. The average molecular weight is 666 g/mol. The number of amides is 3. The van der Waals surface area contributed by atoms with Gasteiger partial charge in [-0.25, -0.2) is 18.9 Å². The van der Waals surface area contributed by atoms with Gasteiger partial charge in [-0.2, -0.15) is 0 Å². The largest absolute Gasteiger partial charge is 0.621 e. The summed E-state index contributed by atoms with van der Waals surface area (Å²) in [6.45, 7) is 1.52. The molecule has 3 atom stereocenters. The quantitative estimate of drug-likeness (QED) is 0.157. The van der Waals surface area contributed by atoms with Crippen LogP contribution in [0.1, 0.15) is 52.5 Å². The second-order valence-corrected chi connectivity index (χ2v) is 10.3. The van der Waals surface area contributed by atoms with Gasteiger partial charge in [-0.3, -0.25) is 14.8 Å². The summed E-state index contributed by atoms with van der Waals surface area (Å²) in [7, 11) is 0. The zero-order valence-electron chi connectivity index (χ0n) is 24.4. The number of carboxylic acid groups (broad SMARTS) is 1. The number of benzene rings is 3. The number of carbonyl (C=O) groups excluding carboxylic acids is 3. The van der Waals surface area contributed by atoms with Crippen molar-refractivity contribution in [3.63, 3.8) is 0 Å². The molecule has 238 valence electrons. The Bertz CT molecular complexity index is 1740. The van der Waals surface area contributed by atoms with E-state index >= 15 is 0 Å². The van der Waals surface area contributed by atoms with E-state index in [0.717, 1.165) is 17.0 Å². The van der Waals surface area contributed by atoms with Gasteiger partial charge >= 0.3 is 12.1 Å². The number of aliphatic imine (C=N–C) groups is 1. The first kappa shape index (κ1) is 33.7. The smallest absolute Gasteiger partial charge is 0.417 e. The number of rotatable bonds is 10. The average Bonchev–Trinajstić information content (AvgIpc) is 3.45. The number of hydrogen-bond acceptors (Lipinski definition) is 7. The molecule has 1 saturated heterocycles. The molecular weight excluding hydrogens is 638 g/mol. The molecular formula is C34H28FN4NiO6-. The standard InChI is InChI=1S/C34H29FN4O6.Ni/c1-21(25-11-5-6-12-27(25)38-32(41)28-13-7-8-18-36-28)37-31(33(42)43)26(22-14-16-24(35)17-15-22)19-30(40)39-29(20-45-34(39)44)23-9-3-2-4-10-23;/h2-18,26,29,31H,19-20H2,1H3,(H2,37,38,41,42,43);/p-1/t26-,29-,31+;/m1./s1. The van der Waals surface area contributed by atoms with Crippen molar-refractivity contribution in [3.8, 4) is 0 Å². The van der Waals surface area contributed by atoms with Crippen molar-refractivity contribution in [3.05, 3.63) is 137 Å². The minimum atomic E-state index is -1.53. The number of carbonyl (C=O) groups is 4. The van der Waals surface area contributed by atoms with Crippen LogP contribution in [-0.4, -0.2) is 57.2 Å². The summed E-state index contributed by atoms with van der Waals surface area (Å²) in [4.78, 5) is 61.5. The number of hydrogen-bond donors (Lipinski definition) is 1. The predicted molar refractivity (Wildman–Crippen MR) is 163 cm³/mol. The van der Waals surface area contributed by atoms with Crippen molar-refractivity contribution in [2.75, 3.05) is 6.61 Å². The minimum Gasteiger partial charge on any atom is -0.621 e. The normalized spacial score (nSPS) is 15.7. The van der Waals surface area contributed by atoms with Crippen LogP contribution in [0, 0.1) is 5.82 Å². The molecule has 12 heteroatoms. The van der Waals surface area contributed by atoms with Crippen LogP contribution in [0.3, 0.4) is 0 Å². The first-order chi connectivity index (χ1) is 21.7. The molecule has 4 aromatic rings. The maximum Gasteiger partial charge on any atom is 0.417 e. The molecule has 2 heterocycles. The molecule has 1 fully saturated rings. The molecule has 3 amide bonds. The van der Waals surface area contributed by atoms with Gasteiger partial charge in [-0.1, -0.05) is 72.8 Å². The first-order valence-corrected chi connectivity index (χ1v) is 14.1. The number of cyclic esters (lactones) is 1. The number of aliphatic carboxylic acids is 1. The molecule has 1 aliphatic heterocycles. The third-order valence-corrected chi connectivity index (χ3v) is 7.39. The van der Waals surface area contributed by atoms with Crippen molar-refractivity contribution in [1.29, 1.82) is 0 Å². The van der Waals surface area contributed by atoms with Crippen molar-refractivity contribution in [2.45, 2.75) is 31.3 Å². The maximum absolute atomic E-state index is 13.9. The Labute approximate surface area is 274 Å². The molecule has 0 spiro atoms. The summed E-state index contributed by atoms with van der Waals surface area (Å²) < 4.78 is 19.1. The summed E-state index contributed by atoms with van der Waals surface area (Å²) in [6.07, 6.45) is 0.188. The van der Waals surface area contributed by atoms with E-state index in [-0.39, 0.29) is 40.2 Å². The van der Waals surface area contributed by atoms with E-state index in [4.69, 9.17) is 4.74 Å². The minimum absolute atomic E-state index is 0. The second-order valence-electron chi connectivity index (χ2n) is 10.3. The Morgan fingerprint density at radius 1 is 1.00 bits per heavy atom. The van der Waals surface area contributed by atoms with Crippen molar-refractivity contribution >= 4 is 35.3 Å². The Hall–Kier alpha value is -5.22. The molecule has 0 bridgehead atoms. The Morgan fingerprint density at radius 3 is 2.35 bits per heavy atom. The van der Waals surface area contributed by atoms with E-state index in [2.05, 4.69) is 15.3 Å². The molecule has 3 aromatic carbocycles. The predicted octanol–water partition coefficient (Wildman–Crippen LogP) is 6.22. The van der Waals surface area contributed by atoms with Crippen molar-refractivity contribution in [2.24, 2.45) is 4.99 Å². The number of imide groups is 1. The van der Waals surface area contributed by atoms with E-state index in [0.29, 0.717) is 16.7 Å². The van der Waals surface area contributed by atoms with Gasteiger partial charge in [0.2, 0.25) is 5.91 Å². The van der Waals surface area contributed by atoms with Gasteiger partial charge in [0.1, 0.15) is 24.4 Å².